The number of carbonyl (C=O) groups is 2. The lowest BCUT2D eigenvalue weighted by molar-refractivity contribution is -0.125. The van der Waals surface area contributed by atoms with Crippen LogP contribution >= 0.6 is 0 Å². The molecule has 21 heavy (non-hydrogen) atoms. The molecule has 0 bridgehead atoms. The molecule has 5 nitrogen and oxygen atoms in total. The average Bonchev–Trinajstić information content (AvgIpc) is 3.13. The van der Waals surface area contributed by atoms with E-state index >= 15 is 0 Å². The van der Waals surface area contributed by atoms with E-state index in [1.54, 1.807) is 0 Å². The number of anilines is 1. The third-order valence-electron chi connectivity index (χ3n) is 3.96. The van der Waals surface area contributed by atoms with Crippen LogP contribution in [-0.4, -0.2) is 35.3 Å². The number of hydrogen-bond donors (Lipinski definition) is 2. The normalized spacial score (nSPS) is 21.4. The fourth-order valence-corrected chi connectivity index (χ4v) is 2.67. The smallest absolute Gasteiger partial charge is 0.257 e. The molecule has 1 aliphatic carbocycles. The number of hydrogen-bond acceptors (Lipinski definition) is 3. The van der Waals surface area contributed by atoms with Crippen LogP contribution < -0.4 is 11.1 Å². The van der Waals surface area contributed by atoms with Gasteiger partial charge in [-0.05, 0) is 43.9 Å². The van der Waals surface area contributed by atoms with Crippen LogP contribution in [0.25, 0.3) is 0 Å². The predicted molar refractivity (Wildman–Crippen MR) is 76.0 cm³/mol. The van der Waals surface area contributed by atoms with Gasteiger partial charge < -0.3 is 16.0 Å². The van der Waals surface area contributed by atoms with E-state index in [0.29, 0.717) is 18.7 Å². The van der Waals surface area contributed by atoms with Crippen molar-refractivity contribution in [2.45, 2.75) is 37.8 Å². The number of amides is 2. The van der Waals surface area contributed by atoms with E-state index in [9.17, 15) is 14.0 Å². The first-order valence-electron chi connectivity index (χ1n) is 7.22. The van der Waals surface area contributed by atoms with E-state index < -0.39 is 17.8 Å². The van der Waals surface area contributed by atoms with E-state index in [0.717, 1.165) is 19.3 Å². The fraction of sp³-hybridized carbons (Fsp3) is 0.467. The molecule has 1 unspecified atom stereocenters. The summed E-state index contributed by atoms with van der Waals surface area (Å²) < 4.78 is 13.8. The lowest BCUT2D eigenvalue weighted by atomic mass is 10.1. The zero-order valence-electron chi connectivity index (χ0n) is 11.6. The number of nitrogen functional groups attached to an aromatic ring is 1. The molecule has 6 heteroatoms. The van der Waals surface area contributed by atoms with Crippen LogP contribution in [0.4, 0.5) is 10.1 Å². The van der Waals surface area contributed by atoms with Crippen LogP contribution in [0.3, 0.4) is 0 Å². The molecule has 1 aromatic rings. The molecule has 2 fully saturated rings. The van der Waals surface area contributed by atoms with E-state index in [-0.39, 0.29) is 17.5 Å². The SMILES string of the molecule is Nc1ccc(F)c(C(=O)N2CCCC2C(=O)NC2CC2)c1. The Hall–Kier alpha value is -2.11. The molecule has 1 aliphatic heterocycles. The van der Waals surface area contributed by atoms with Gasteiger partial charge in [-0.2, -0.15) is 0 Å². The summed E-state index contributed by atoms with van der Waals surface area (Å²) in [6.07, 6.45) is 3.36. The van der Waals surface area contributed by atoms with Crippen LogP contribution in [-0.2, 0) is 4.79 Å². The maximum Gasteiger partial charge on any atom is 0.257 e. The summed E-state index contributed by atoms with van der Waals surface area (Å²) in [5, 5.41) is 2.91. The Morgan fingerprint density at radius 1 is 1.29 bits per heavy atom. The number of nitrogens with one attached hydrogen (secondary N) is 1. The number of carbonyl (C=O) groups excluding carboxylic acids is 2. The summed E-state index contributed by atoms with van der Waals surface area (Å²) in [5.41, 5.74) is 5.88. The molecule has 1 saturated heterocycles. The average molecular weight is 291 g/mol. The van der Waals surface area contributed by atoms with Crippen molar-refractivity contribution >= 4 is 17.5 Å². The van der Waals surface area contributed by atoms with E-state index in [1.165, 1.54) is 23.1 Å². The van der Waals surface area contributed by atoms with Crippen molar-refractivity contribution in [3.63, 3.8) is 0 Å². The molecule has 2 aliphatic rings. The van der Waals surface area contributed by atoms with Gasteiger partial charge in [-0.3, -0.25) is 9.59 Å². The Morgan fingerprint density at radius 3 is 2.76 bits per heavy atom. The van der Waals surface area contributed by atoms with Gasteiger partial charge in [-0.1, -0.05) is 0 Å². The number of nitrogens with zero attached hydrogens (tertiary/aromatic N) is 1. The molecule has 112 valence electrons. The molecule has 0 aromatic heterocycles. The molecule has 1 saturated carbocycles. The van der Waals surface area contributed by atoms with Gasteiger partial charge in [0.05, 0.1) is 5.56 Å². The van der Waals surface area contributed by atoms with Crippen molar-refractivity contribution in [1.82, 2.24) is 10.2 Å². The first-order valence-corrected chi connectivity index (χ1v) is 7.22. The monoisotopic (exact) mass is 291 g/mol. The van der Waals surface area contributed by atoms with Gasteiger partial charge in [0, 0.05) is 18.3 Å². The summed E-state index contributed by atoms with van der Waals surface area (Å²) >= 11 is 0. The quantitative estimate of drug-likeness (QED) is 0.824. The Bertz CT molecular complexity index is 586. The first-order chi connectivity index (χ1) is 10.1. The van der Waals surface area contributed by atoms with Crippen LogP contribution in [0.1, 0.15) is 36.0 Å². The van der Waals surface area contributed by atoms with Crippen molar-refractivity contribution in [1.29, 1.82) is 0 Å². The molecule has 1 heterocycles. The Kier molecular flexibility index (Phi) is 3.53. The van der Waals surface area contributed by atoms with Crippen LogP contribution in [0.5, 0.6) is 0 Å². The molecule has 3 rings (SSSR count). The second kappa shape index (κ2) is 5.35. The molecular formula is C15H18FN3O2. The second-order valence-corrected chi connectivity index (χ2v) is 5.68. The van der Waals surface area contributed by atoms with Crippen LogP contribution in [0.2, 0.25) is 0 Å². The largest absolute Gasteiger partial charge is 0.399 e. The van der Waals surface area contributed by atoms with Gasteiger partial charge >= 0.3 is 0 Å². The lowest BCUT2D eigenvalue weighted by Gasteiger charge is -2.24. The fourth-order valence-electron chi connectivity index (χ4n) is 2.67. The standard InChI is InChI=1S/C15H18FN3O2/c16-12-6-3-9(17)8-11(12)15(21)19-7-1-2-13(19)14(20)18-10-4-5-10/h3,6,8,10,13H,1-2,4-5,7,17H2,(H,18,20). The minimum absolute atomic E-state index is 0.0684. The number of benzene rings is 1. The van der Waals surface area contributed by atoms with E-state index in [4.69, 9.17) is 5.73 Å². The minimum Gasteiger partial charge on any atom is -0.399 e. The van der Waals surface area contributed by atoms with Gasteiger partial charge in [-0.15, -0.1) is 0 Å². The summed E-state index contributed by atoms with van der Waals surface area (Å²) in [6, 6.07) is 3.66. The number of halogens is 1. The molecule has 0 radical (unpaired) electrons. The van der Waals surface area contributed by atoms with Gasteiger partial charge in [0.2, 0.25) is 5.91 Å². The molecule has 0 spiro atoms. The van der Waals surface area contributed by atoms with E-state index in [2.05, 4.69) is 5.32 Å². The summed E-state index contributed by atoms with van der Waals surface area (Å²) in [6.45, 7) is 0.468. The molecule has 1 atom stereocenters. The lowest BCUT2D eigenvalue weighted by Crippen LogP contribution is -2.46. The Balaban J connectivity index is 1.78. The van der Waals surface area contributed by atoms with Crippen molar-refractivity contribution in [3.05, 3.63) is 29.6 Å². The molecular weight excluding hydrogens is 273 g/mol. The maximum atomic E-state index is 13.8. The van der Waals surface area contributed by atoms with Crippen molar-refractivity contribution in [3.8, 4) is 0 Å². The van der Waals surface area contributed by atoms with Crippen molar-refractivity contribution in [2.24, 2.45) is 0 Å². The number of nitrogens with two attached hydrogens (primary N) is 1. The van der Waals surface area contributed by atoms with Gasteiger partial charge in [0.15, 0.2) is 0 Å². The third kappa shape index (κ3) is 2.84. The maximum absolute atomic E-state index is 13.8. The highest BCUT2D eigenvalue weighted by atomic mass is 19.1. The first kappa shape index (κ1) is 13.9. The zero-order valence-corrected chi connectivity index (χ0v) is 11.6. The van der Waals surface area contributed by atoms with Crippen molar-refractivity contribution in [2.75, 3.05) is 12.3 Å². The van der Waals surface area contributed by atoms with Crippen LogP contribution in [0.15, 0.2) is 18.2 Å². The zero-order chi connectivity index (χ0) is 15.0. The highest BCUT2D eigenvalue weighted by molar-refractivity contribution is 5.98. The summed E-state index contributed by atoms with van der Waals surface area (Å²) in [4.78, 5) is 26.1. The topological polar surface area (TPSA) is 75.4 Å². The minimum atomic E-state index is -0.609. The summed E-state index contributed by atoms with van der Waals surface area (Å²) in [5.74, 6) is -1.21. The number of rotatable bonds is 3. The molecule has 2 amide bonds. The van der Waals surface area contributed by atoms with Crippen molar-refractivity contribution < 1.29 is 14.0 Å². The predicted octanol–water partition coefficient (Wildman–Crippen LogP) is 1.29. The van der Waals surface area contributed by atoms with Gasteiger partial charge in [0.1, 0.15) is 11.9 Å². The van der Waals surface area contributed by atoms with Gasteiger partial charge in [0.25, 0.3) is 5.91 Å². The second-order valence-electron chi connectivity index (χ2n) is 5.68. The van der Waals surface area contributed by atoms with E-state index in [1.807, 2.05) is 0 Å². The Morgan fingerprint density at radius 2 is 2.05 bits per heavy atom. The van der Waals surface area contributed by atoms with Crippen LogP contribution in [0, 0.1) is 5.82 Å². The highest BCUT2D eigenvalue weighted by Gasteiger charge is 2.37. The highest BCUT2D eigenvalue weighted by Crippen LogP contribution is 2.25. The third-order valence-corrected chi connectivity index (χ3v) is 3.96. The molecule has 1 aromatic carbocycles. The van der Waals surface area contributed by atoms with Gasteiger partial charge in [-0.25, -0.2) is 4.39 Å². The summed E-state index contributed by atoms with van der Waals surface area (Å²) in [7, 11) is 0. The molecule has 3 N–H and O–H groups in total. The Labute approximate surface area is 122 Å². The number of likely N-dealkylation sites (tertiary alicyclic amines) is 1.